The van der Waals surface area contributed by atoms with Crippen molar-refractivity contribution in [2.75, 3.05) is 21.3 Å². The van der Waals surface area contributed by atoms with E-state index in [-0.39, 0.29) is 5.91 Å². The summed E-state index contributed by atoms with van der Waals surface area (Å²) in [5.41, 5.74) is 5.49. The number of nitrogens with one attached hydrogen (secondary N) is 1. The van der Waals surface area contributed by atoms with E-state index in [1.165, 1.54) is 14.2 Å². The van der Waals surface area contributed by atoms with Crippen LogP contribution >= 0.6 is 0 Å². The van der Waals surface area contributed by atoms with Gasteiger partial charge in [-0.2, -0.15) is 5.10 Å². The molecular weight excluding hydrogens is 320 g/mol. The van der Waals surface area contributed by atoms with Gasteiger partial charge in [-0.25, -0.2) is 5.43 Å². The minimum Gasteiger partial charge on any atom is -0.497 e. The van der Waals surface area contributed by atoms with Crippen LogP contribution in [0.1, 0.15) is 28.4 Å². The lowest BCUT2D eigenvalue weighted by molar-refractivity contribution is 0.0954. The number of ether oxygens (including phenoxy) is 3. The molecule has 0 saturated heterocycles. The van der Waals surface area contributed by atoms with E-state index in [1.807, 2.05) is 32.0 Å². The number of methoxy groups -OCH3 is 3. The molecule has 0 atom stereocenters. The van der Waals surface area contributed by atoms with Crippen molar-refractivity contribution in [2.24, 2.45) is 5.10 Å². The highest BCUT2D eigenvalue weighted by Gasteiger charge is 2.11. The fourth-order valence-corrected chi connectivity index (χ4v) is 2.30. The van der Waals surface area contributed by atoms with E-state index in [9.17, 15) is 4.79 Å². The lowest BCUT2D eigenvalue weighted by Gasteiger charge is -2.10. The van der Waals surface area contributed by atoms with Crippen LogP contribution < -0.4 is 19.6 Å². The van der Waals surface area contributed by atoms with Crippen LogP contribution in [-0.2, 0) is 0 Å². The molecule has 0 heterocycles. The number of amides is 1. The first-order valence-electron chi connectivity index (χ1n) is 7.71. The molecule has 1 N–H and O–H groups in total. The van der Waals surface area contributed by atoms with Gasteiger partial charge in [-0.3, -0.25) is 4.79 Å². The number of aryl methyl sites for hydroxylation is 1. The Kier molecular flexibility index (Phi) is 6.00. The molecule has 2 aromatic carbocycles. The van der Waals surface area contributed by atoms with Gasteiger partial charge in [0.2, 0.25) is 0 Å². The molecule has 132 valence electrons. The molecule has 0 bridgehead atoms. The highest BCUT2D eigenvalue weighted by atomic mass is 16.5. The van der Waals surface area contributed by atoms with Crippen molar-refractivity contribution >= 4 is 11.6 Å². The van der Waals surface area contributed by atoms with Gasteiger partial charge in [0.05, 0.1) is 27.0 Å². The number of nitrogens with zero attached hydrogens (tertiary/aromatic N) is 1. The van der Waals surface area contributed by atoms with Crippen molar-refractivity contribution < 1.29 is 19.0 Å². The molecule has 6 heteroatoms. The van der Waals surface area contributed by atoms with Crippen LogP contribution in [0, 0.1) is 6.92 Å². The molecule has 0 radical (unpaired) electrons. The summed E-state index contributed by atoms with van der Waals surface area (Å²) < 4.78 is 15.7. The summed E-state index contributed by atoms with van der Waals surface area (Å²) in [4.78, 5) is 12.4. The smallest absolute Gasteiger partial charge is 0.271 e. The van der Waals surface area contributed by atoms with E-state index in [0.717, 1.165) is 11.1 Å². The number of rotatable bonds is 6. The topological polar surface area (TPSA) is 69.2 Å². The van der Waals surface area contributed by atoms with Gasteiger partial charge in [-0.1, -0.05) is 11.6 Å². The Bertz CT molecular complexity index is 778. The molecule has 0 aliphatic rings. The van der Waals surface area contributed by atoms with Gasteiger partial charge in [0, 0.05) is 17.2 Å². The Hall–Kier alpha value is -3.02. The third kappa shape index (κ3) is 4.50. The quantitative estimate of drug-likeness (QED) is 0.647. The standard InChI is InChI=1S/C19H22N2O4/c1-12-6-7-18(25-5)17(8-12)13(2)20-21-19(22)14-9-15(23-3)11-16(10-14)24-4/h6-11H,1-5H3,(H,21,22)/b20-13-. The molecule has 25 heavy (non-hydrogen) atoms. The Morgan fingerprint density at radius 1 is 0.960 bits per heavy atom. The van der Waals surface area contributed by atoms with Crippen molar-refractivity contribution in [3.8, 4) is 17.2 Å². The molecule has 1 amide bonds. The zero-order valence-corrected chi connectivity index (χ0v) is 15.0. The highest BCUT2D eigenvalue weighted by Crippen LogP contribution is 2.23. The van der Waals surface area contributed by atoms with Crippen LogP contribution in [0.15, 0.2) is 41.5 Å². The van der Waals surface area contributed by atoms with Crippen LogP contribution in [0.25, 0.3) is 0 Å². The summed E-state index contributed by atoms with van der Waals surface area (Å²) in [6, 6.07) is 10.7. The number of hydrogen-bond donors (Lipinski definition) is 1. The van der Waals surface area contributed by atoms with Gasteiger partial charge in [0.15, 0.2) is 0 Å². The molecule has 0 saturated carbocycles. The molecule has 0 fully saturated rings. The van der Waals surface area contributed by atoms with Gasteiger partial charge >= 0.3 is 0 Å². The summed E-state index contributed by atoms with van der Waals surface area (Å²) in [6.07, 6.45) is 0. The maximum atomic E-state index is 12.4. The first-order chi connectivity index (χ1) is 12.0. The Morgan fingerprint density at radius 2 is 1.60 bits per heavy atom. The lowest BCUT2D eigenvalue weighted by Crippen LogP contribution is -2.19. The summed E-state index contributed by atoms with van der Waals surface area (Å²) >= 11 is 0. The number of hydrogen-bond acceptors (Lipinski definition) is 5. The van der Waals surface area contributed by atoms with E-state index in [0.29, 0.717) is 28.5 Å². The minimum absolute atomic E-state index is 0.358. The molecule has 0 spiro atoms. The van der Waals surface area contributed by atoms with Gasteiger partial charge < -0.3 is 14.2 Å². The second-order valence-electron chi connectivity index (χ2n) is 5.44. The second kappa shape index (κ2) is 8.19. The maximum Gasteiger partial charge on any atom is 0.271 e. The van der Waals surface area contributed by atoms with E-state index >= 15 is 0 Å². The molecule has 0 aliphatic carbocycles. The number of carbonyl (C=O) groups excluding carboxylic acids is 1. The van der Waals surface area contributed by atoms with Crippen molar-refractivity contribution in [2.45, 2.75) is 13.8 Å². The van der Waals surface area contributed by atoms with Crippen LogP contribution in [0.2, 0.25) is 0 Å². The van der Waals surface area contributed by atoms with E-state index in [1.54, 1.807) is 25.3 Å². The average molecular weight is 342 g/mol. The van der Waals surface area contributed by atoms with Crippen molar-refractivity contribution in [3.05, 3.63) is 53.1 Å². The monoisotopic (exact) mass is 342 g/mol. The predicted molar refractivity (Wildman–Crippen MR) is 97.0 cm³/mol. The second-order valence-corrected chi connectivity index (χ2v) is 5.44. The molecule has 0 unspecified atom stereocenters. The minimum atomic E-state index is -0.358. The van der Waals surface area contributed by atoms with E-state index < -0.39 is 0 Å². The zero-order chi connectivity index (χ0) is 18.4. The molecular formula is C19H22N2O4. The molecule has 6 nitrogen and oxygen atoms in total. The molecule has 0 aromatic heterocycles. The maximum absolute atomic E-state index is 12.4. The summed E-state index contributed by atoms with van der Waals surface area (Å²) in [7, 11) is 4.66. The Balaban J connectivity index is 2.24. The molecule has 0 aliphatic heterocycles. The van der Waals surface area contributed by atoms with Crippen molar-refractivity contribution in [1.82, 2.24) is 5.43 Å². The number of carbonyl (C=O) groups is 1. The SMILES string of the molecule is COc1cc(OC)cc(C(=O)N/N=C(/C)c2cc(C)ccc2OC)c1. The third-order valence-corrected chi connectivity index (χ3v) is 3.68. The lowest BCUT2D eigenvalue weighted by atomic mass is 10.1. The van der Waals surface area contributed by atoms with Crippen LogP contribution in [-0.4, -0.2) is 32.9 Å². The zero-order valence-electron chi connectivity index (χ0n) is 15.0. The first kappa shape index (κ1) is 18.3. The summed E-state index contributed by atoms with van der Waals surface area (Å²) in [5, 5.41) is 4.19. The third-order valence-electron chi connectivity index (χ3n) is 3.68. The van der Waals surface area contributed by atoms with Gasteiger partial charge in [0.1, 0.15) is 17.2 Å². The predicted octanol–water partition coefficient (Wildman–Crippen LogP) is 3.17. The first-order valence-corrected chi connectivity index (χ1v) is 7.71. The highest BCUT2D eigenvalue weighted by molar-refractivity contribution is 6.03. The van der Waals surface area contributed by atoms with Crippen LogP contribution in [0.5, 0.6) is 17.2 Å². The number of hydrazone groups is 1. The van der Waals surface area contributed by atoms with Crippen LogP contribution in [0.4, 0.5) is 0 Å². The van der Waals surface area contributed by atoms with Crippen molar-refractivity contribution in [1.29, 1.82) is 0 Å². The summed E-state index contributed by atoms with van der Waals surface area (Å²) in [6.45, 7) is 3.79. The molecule has 2 aromatic rings. The molecule has 2 rings (SSSR count). The fourth-order valence-electron chi connectivity index (χ4n) is 2.30. The Morgan fingerprint density at radius 3 is 2.16 bits per heavy atom. The van der Waals surface area contributed by atoms with Gasteiger partial charge in [0.25, 0.3) is 5.91 Å². The normalized spacial score (nSPS) is 11.0. The van der Waals surface area contributed by atoms with Gasteiger partial charge in [-0.15, -0.1) is 0 Å². The van der Waals surface area contributed by atoms with Crippen LogP contribution in [0.3, 0.4) is 0 Å². The average Bonchev–Trinajstić information content (AvgIpc) is 2.65. The fraction of sp³-hybridized carbons (Fsp3) is 0.263. The van der Waals surface area contributed by atoms with E-state index in [4.69, 9.17) is 14.2 Å². The largest absolute Gasteiger partial charge is 0.497 e. The van der Waals surface area contributed by atoms with Crippen molar-refractivity contribution in [3.63, 3.8) is 0 Å². The van der Waals surface area contributed by atoms with E-state index in [2.05, 4.69) is 10.5 Å². The van der Waals surface area contributed by atoms with Gasteiger partial charge in [-0.05, 0) is 38.1 Å². The number of benzene rings is 2. The summed E-state index contributed by atoms with van der Waals surface area (Å²) in [5.74, 6) is 1.41. The Labute approximate surface area is 147 Å².